The van der Waals surface area contributed by atoms with Crippen molar-refractivity contribution in [2.45, 2.75) is 61.8 Å². The topological polar surface area (TPSA) is 94.7 Å². The molecule has 1 aliphatic carbocycles. The molecule has 3 aliphatic rings. The van der Waals surface area contributed by atoms with Crippen LogP contribution in [0.25, 0.3) is 0 Å². The van der Waals surface area contributed by atoms with E-state index in [0.717, 1.165) is 25.9 Å². The number of aromatic amines is 1. The molecule has 0 atom stereocenters. The Kier molecular flexibility index (Phi) is 6.81. The maximum atomic E-state index is 12.8. The van der Waals surface area contributed by atoms with Crippen molar-refractivity contribution in [3.63, 3.8) is 0 Å². The number of hydrogen-bond donors (Lipinski definition) is 2. The van der Waals surface area contributed by atoms with Gasteiger partial charge in [0, 0.05) is 31.4 Å². The molecule has 8 nitrogen and oxygen atoms in total. The minimum Gasteiger partial charge on any atom is -0.379 e. The van der Waals surface area contributed by atoms with Crippen molar-refractivity contribution in [1.82, 2.24) is 19.5 Å². The molecule has 3 fully saturated rings. The molecule has 9 heteroatoms. The van der Waals surface area contributed by atoms with Crippen molar-refractivity contribution < 1.29 is 17.9 Å². The zero-order valence-electron chi connectivity index (χ0n) is 17.7. The van der Waals surface area contributed by atoms with Gasteiger partial charge in [0.05, 0.1) is 13.2 Å². The van der Waals surface area contributed by atoms with E-state index in [2.05, 4.69) is 15.2 Å². The maximum Gasteiger partial charge on any atom is 0.267 e. The van der Waals surface area contributed by atoms with Crippen molar-refractivity contribution in [2.75, 3.05) is 45.9 Å². The van der Waals surface area contributed by atoms with E-state index in [-0.39, 0.29) is 16.3 Å². The minimum absolute atomic E-state index is 0.0453. The van der Waals surface area contributed by atoms with Gasteiger partial charge in [0.1, 0.15) is 10.6 Å². The van der Waals surface area contributed by atoms with Gasteiger partial charge >= 0.3 is 0 Å². The third kappa shape index (κ3) is 4.59. The molecule has 0 unspecified atom stereocenters. The van der Waals surface area contributed by atoms with E-state index in [0.29, 0.717) is 38.5 Å². The molecule has 0 aromatic carbocycles. The first kappa shape index (κ1) is 21.8. The fourth-order valence-electron chi connectivity index (χ4n) is 5.11. The number of carbonyl (C=O) groups is 1. The first-order chi connectivity index (χ1) is 14.5. The van der Waals surface area contributed by atoms with Crippen molar-refractivity contribution in [1.29, 1.82) is 0 Å². The van der Waals surface area contributed by atoms with Gasteiger partial charge in [-0.15, -0.1) is 0 Å². The molecule has 0 radical (unpaired) electrons. The van der Waals surface area contributed by atoms with Crippen LogP contribution in [0.15, 0.2) is 17.2 Å². The van der Waals surface area contributed by atoms with E-state index in [1.54, 1.807) is 0 Å². The van der Waals surface area contributed by atoms with Crippen LogP contribution in [0.1, 0.15) is 61.9 Å². The van der Waals surface area contributed by atoms with Gasteiger partial charge in [-0.1, -0.05) is 25.7 Å². The highest BCUT2D eigenvalue weighted by Gasteiger charge is 2.38. The van der Waals surface area contributed by atoms with Crippen LogP contribution >= 0.6 is 0 Å². The number of morpholine rings is 1. The number of piperidine rings is 1. The van der Waals surface area contributed by atoms with Crippen LogP contribution in [0.3, 0.4) is 0 Å². The molecule has 0 spiro atoms. The van der Waals surface area contributed by atoms with Gasteiger partial charge in [0.15, 0.2) is 0 Å². The molecule has 3 heterocycles. The normalized spacial score (nSPS) is 23.9. The van der Waals surface area contributed by atoms with Crippen LogP contribution in [0.5, 0.6) is 0 Å². The van der Waals surface area contributed by atoms with E-state index in [1.165, 1.54) is 55.1 Å². The first-order valence-corrected chi connectivity index (χ1v) is 12.7. The maximum absolute atomic E-state index is 12.8. The fraction of sp³-hybridized carbons (Fsp3) is 0.762. The summed E-state index contributed by atoms with van der Waals surface area (Å²) in [6, 6.07) is 1.45. The number of nitrogens with one attached hydrogen (secondary N) is 2. The standard InChI is InChI=1S/C21H34N4O4S/c26-20(19-15-18(16-22-19)30(27,28)25-11-13-29-14-12-25)23-17-21(7-3-1-4-8-21)24-9-5-2-6-10-24/h15-16,22H,1-14,17H2,(H,23,26). The Morgan fingerprint density at radius 1 is 1.03 bits per heavy atom. The number of carbonyl (C=O) groups excluding carboxylic acids is 1. The van der Waals surface area contributed by atoms with Crippen LogP contribution in [0.2, 0.25) is 0 Å². The average Bonchev–Trinajstić information content (AvgIpc) is 3.31. The lowest BCUT2D eigenvalue weighted by Gasteiger charge is -2.48. The second-order valence-corrected chi connectivity index (χ2v) is 10.7. The van der Waals surface area contributed by atoms with Crippen molar-refractivity contribution in [3.05, 3.63) is 18.0 Å². The smallest absolute Gasteiger partial charge is 0.267 e. The summed E-state index contributed by atoms with van der Waals surface area (Å²) in [6.45, 7) is 4.32. The monoisotopic (exact) mass is 438 g/mol. The molecule has 2 saturated heterocycles. The highest BCUT2D eigenvalue weighted by atomic mass is 32.2. The largest absolute Gasteiger partial charge is 0.379 e. The number of rotatable bonds is 6. The minimum atomic E-state index is -3.61. The molecular formula is C21H34N4O4S. The van der Waals surface area contributed by atoms with E-state index < -0.39 is 10.0 Å². The second-order valence-electron chi connectivity index (χ2n) is 8.78. The number of hydrogen-bond acceptors (Lipinski definition) is 5. The predicted molar refractivity (Wildman–Crippen MR) is 114 cm³/mol. The predicted octanol–water partition coefficient (Wildman–Crippen LogP) is 1.95. The van der Waals surface area contributed by atoms with Crippen LogP contribution in [0.4, 0.5) is 0 Å². The van der Waals surface area contributed by atoms with E-state index in [1.807, 2.05) is 0 Å². The van der Waals surface area contributed by atoms with E-state index in [4.69, 9.17) is 4.74 Å². The first-order valence-electron chi connectivity index (χ1n) is 11.3. The van der Waals surface area contributed by atoms with Gasteiger partial charge in [0.2, 0.25) is 10.0 Å². The number of ether oxygens (including phenoxy) is 1. The Labute approximate surface area is 179 Å². The molecule has 1 saturated carbocycles. The third-order valence-corrected chi connectivity index (χ3v) is 8.77. The SMILES string of the molecule is O=C(NCC1(N2CCCCC2)CCCCC1)c1cc(S(=O)(=O)N2CCOCC2)c[nH]1. The van der Waals surface area contributed by atoms with Crippen molar-refractivity contribution >= 4 is 15.9 Å². The Hall–Kier alpha value is -1.42. The summed E-state index contributed by atoms with van der Waals surface area (Å²) in [4.78, 5) is 18.4. The number of H-pyrrole nitrogens is 1. The molecule has 168 valence electrons. The summed E-state index contributed by atoms with van der Waals surface area (Å²) in [6.07, 6.45) is 11.1. The Balaban J connectivity index is 1.42. The average molecular weight is 439 g/mol. The van der Waals surface area contributed by atoms with E-state index >= 15 is 0 Å². The third-order valence-electron chi connectivity index (χ3n) is 6.90. The Morgan fingerprint density at radius 3 is 2.40 bits per heavy atom. The molecule has 0 bridgehead atoms. The van der Waals surface area contributed by atoms with Crippen molar-refractivity contribution in [2.24, 2.45) is 0 Å². The van der Waals surface area contributed by atoms with Gasteiger partial charge in [-0.2, -0.15) is 4.31 Å². The van der Waals surface area contributed by atoms with Crippen LogP contribution in [-0.2, 0) is 14.8 Å². The van der Waals surface area contributed by atoms with Gasteiger partial charge in [-0.25, -0.2) is 8.42 Å². The van der Waals surface area contributed by atoms with Gasteiger partial charge in [-0.05, 0) is 44.8 Å². The number of nitrogens with zero attached hydrogens (tertiary/aromatic N) is 2. The summed E-state index contributed by atoms with van der Waals surface area (Å²) < 4.78 is 32.2. The molecule has 1 aromatic rings. The quantitative estimate of drug-likeness (QED) is 0.708. The second kappa shape index (κ2) is 9.38. The number of aromatic nitrogens is 1. The molecule has 2 aliphatic heterocycles. The molecule has 4 rings (SSSR count). The highest BCUT2D eigenvalue weighted by Crippen LogP contribution is 2.35. The molecular weight excluding hydrogens is 404 g/mol. The number of likely N-dealkylation sites (tertiary alicyclic amines) is 1. The fourth-order valence-corrected chi connectivity index (χ4v) is 6.52. The lowest BCUT2D eigenvalue weighted by molar-refractivity contribution is 0.0326. The van der Waals surface area contributed by atoms with E-state index in [9.17, 15) is 13.2 Å². The lowest BCUT2D eigenvalue weighted by Crippen LogP contribution is -2.58. The Morgan fingerprint density at radius 2 is 1.70 bits per heavy atom. The Bertz CT molecular complexity index is 820. The molecule has 30 heavy (non-hydrogen) atoms. The summed E-state index contributed by atoms with van der Waals surface area (Å²) in [5.41, 5.74) is 0.343. The summed E-state index contributed by atoms with van der Waals surface area (Å²) >= 11 is 0. The lowest BCUT2D eigenvalue weighted by atomic mass is 9.79. The summed E-state index contributed by atoms with van der Waals surface area (Å²) in [5.74, 6) is -0.236. The number of sulfonamides is 1. The van der Waals surface area contributed by atoms with Crippen LogP contribution < -0.4 is 5.32 Å². The zero-order chi connectivity index (χ0) is 21.0. The van der Waals surface area contributed by atoms with Gasteiger partial charge < -0.3 is 15.0 Å². The summed E-state index contributed by atoms with van der Waals surface area (Å²) in [7, 11) is -3.61. The highest BCUT2D eigenvalue weighted by molar-refractivity contribution is 7.89. The zero-order valence-corrected chi connectivity index (χ0v) is 18.5. The molecule has 1 aromatic heterocycles. The van der Waals surface area contributed by atoms with Crippen LogP contribution in [0, 0.1) is 0 Å². The van der Waals surface area contributed by atoms with Gasteiger partial charge in [0.25, 0.3) is 5.91 Å². The molecule has 2 N–H and O–H groups in total. The van der Waals surface area contributed by atoms with Gasteiger partial charge in [-0.3, -0.25) is 9.69 Å². The summed E-state index contributed by atoms with van der Waals surface area (Å²) in [5, 5.41) is 3.11. The van der Waals surface area contributed by atoms with Crippen LogP contribution in [-0.4, -0.2) is 80.0 Å². The number of amides is 1. The molecule has 1 amide bonds. The van der Waals surface area contributed by atoms with Crippen molar-refractivity contribution in [3.8, 4) is 0 Å².